The maximum absolute atomic E-state index is 13.6. The highest BCUT2D eigenvalue weighted by molar-refractivity contribution is 5.85. The molecule has 3 aromatic carbocycles. The van der Waals surface area contributed by atoms with Crippen LogP contribution in [0, 0.1) is 11.6 Å². The molecule has 1 aliphatic rings. The molecular formula is C24H22ClF2N5. The second kappa shape index (κ2) is 9.54. The Kier molecular flexibility index (Phi) is 6.58. The fraction of sp³-hybridized carbons (Fsp3) is 0.208. The number of aromatic nitrogens is 4. The van der Waals surface area contributed by atoms with Crippen molar-refractivity contribution in [1.29, 1.82) is 0 Å². The molecule has 2 heterocycles. The zero-order chi connectivity index (χ0) is 21.2. The molecule has 0 saturated carbocycles. The van der Waals surface area contributed by atoms with Crippen LogP contribution in [0.5, 0.6) is 0 Å². The second-order valence-electron chi connectivity index (χ2n) is 7.76. The quantitative estimate of drug-likeness (QED) is 0.444. The topological polar surface area (TPSA) is 46.8 Å². The number of rotatable bonds is 5. The van der Waals surface area contributed by atoms with Gasteiger partial charge in [-0.05, 0) is 63.4 Å². The average Bonchev–Trinajstić information content (AvgIpc) is 3.24. The van der Waals surface area contributed by atoms with E-state index in [1.54, 1.807) is 28.9 Å². The lowest BCUT2D eigenvalue weighted by Crippen LogP contribution is -2.36. The Hall–Kier alpha value is -3.16. The molecule has 1 atom stereocenters. The summed E-state index contributed by atoms with van der Waals surface area (Å²) in [6.45, 7) is 2.01. The SMILES string of the molecule is Cl.Fc1ccc(Cn2nnnc2C(c2ccc(F)cc2)N2CCc3ccccc3C2)cc1. The summed E-state index contributed by atoms with van der Waals surface area (Å²) in [4.78, 5) is 2.32. The molecule has 164 valence electrons. The summed E-state index contributed by atoms with van der Waals surface area (Å²) >= 11 is 0. The molecule has 32 heavy (non-hydrogen) atoms. The van der Waals surface area contributed by atoms with Crippen molar-refractivity contribution in [2.75, 3.05) is 6.54 Å². The van der Waals surface area contributed by atoms with Crippen molar-refractivity contribution in [2.24, 2.45) is 0 Å². The molecule has 0 N–H and O–H groups in total. The van der Waals surface area contributed by atoms with Gasteiger partial charge in [-0.15, -0.1) is 17.5 Å². The largest absolute Gasteiger partial charge is 0.285 e. The molecule has 0 saturated heterocycles. The monoisotopic (exact) mass is 453 g/mol. The van der Waals surface area contributed by atoms with E-state index in [-0.39, 0.29) is 30.1 Å². The van der Waals surface area contributed by atoms with Crippen molar-refractivity contribution in [3.05, 3.63) is 113 Å². The van der Waals surface area contributed by atoms with Crippen molar-refractivity contribution < 1.29 is 8.78 Å². The van der Waals surface area contributed by atoms with E-state index in [2.05, 4.69) is 38.6 Å². The number of benzene rings is 3. The Morgan fingerprint density at radius 3 is 2.22 bits per heavy atom. The first-order chi connectivity index (χ1) is 15.2. The van der Waals surface area contributed by atoms with Crippen molar-refractivity contribution >= 4 is 12.4 Å². The Morgan fingerprint density at radius 1 is 0.844 bits per heavy atom. The predicted molar refractivity (Wildman–Crippen MR) is 119 cm³/mol. The van der Waals surface area contributed by atoms with Gasteiger partial charge in [0.25, 0.3) is 0 Å². The second-order valence-corrected chi connectivity index (χ2v) is 7.76. The summed E-state index contributed by atoms with van der Waals surface area (Å²) in [7, 11) is 0. The fourth-order valence-electron chi connectivity index (χ4n) is 4.19. The first kappa shape index (κ1) is 22.0. The van der Waals surface area contributed by atoms with Gasteiger partial charge in [-0.2, -0.15) is 0 Å². The zero-order valence-corrected chi connectivity index (χ0v) is 18.1. The van der Waals surface area contributed by atoms with Gasteiger partial charge in [0.15, 0.2) is 5.82 Å². The van der Waals surface area contributed by atoms with Crippen LogP contribution >= 0.6 is 12.4 Å². The van der Waals surface area contributed by atoms with Gasteiger partial charge in [-0.25, -0.2) is 13.5 Å². The van der Waals surface area contributed by atoms with Crippen LogP contribution in [0.3, 0.4) is 0 Å². The number of nitrogens with zero attached hydrogens (tertiary/aromatic N) is 5. The molecule has 5 nitrogen and oxygen atoms in total. The van der Waals surface area contributed by atoms with Crippen LogP contribution in [0.15, 0.2) is 72.8 Å². The molecule has 5 rings (SSSR count). The van der Waals surface area contributed by atoms with Crippen LogP contribution < -0.4 is 0 Å². The number of halogens is 3. The van der Waals surface area contributed by atoms with E-state index in [1.807, 2.05) is 6.07 Å². The highest BCUT2D eigenvalue weighted by atomic mass is 35.5. The average molecular weight is 454 g/mol. The van der Waals surface area contributed by atoms with Gasteiger partial charge in [0.2, 0.25) is 0 Å². The van der Waals surface area contributed by atoms with E-state index in [0.717, 1.165) is 30.6 Å². The maximum atomic E-state index is 13.6. The van der Waals surface area contributed by atoms with E-state index in [0.29, 0.717) is 12.4 Å². The standard InChI is InChI=1S/C24H21F2N5.ClH/c25-21-9-5-17(6-10-21)15-31-24(27-28-29-31)23(19-7-11-22(26)12-8-19)30-14-13-18-3-1-2-4-20(18)16-30;/h1-12,23H,13-16H2;1H. The summed E-state index contributed by atoms with van der Waals surface area (Å²) in [6, 6.07) is 21.0. The van der Waals surface area contributed by atoms with Gasteiger partial charge in [0, 0.05) is 13.1 Å². The van der Waals surface area contributed by atoms with Crippen molar-refractivity contribution in [2.45, 2.75) is 25.6 Å². The lowest BCUT2D eigenvalue weighted by Gasteiger charge is -2.35. The number of fused-ring (bicyclic) bond motifs is 1. The van der Waals surface area contributed by atoms with Crippen LogP contribution in [0.4, 0.5) is 8.78 Å². The Balaban J connectivity index is 0.00000245. The van der Waals surface area contributed by atoms with E-state index < -0.39 is 0 Å². The molecule has 0 aliphatic carbocycles. The number of hydrogen-bond acceptors (Lipinski definition) is 4. The van der Waals surface area contributed by atoms with E-state index in [1.165, 1.54) is 35.4 Å². The molecule has 0 amide bonds. The minimum Gasteiger partial charge on any atom is -0.285 e. The van der Waals surface area contributed by atoms with Gasteiger partial charge in [-0.1, -0.05) is 48.5 Å². The van der Waals surface area contributed by atoms with Crippen molar-refractivity contribution in [1.82, 2.24) is 25.1 Å². The van der Waals surface area contributed by atoms with Crippen LogP contribution in [0.1, 0.15) is 34.1 Å². The lowest BCUT2D eigenvalue weighted by molar-refractivity contribution is 0.195. The van der Waals surface area contributed by atoms with E-state index in [4.69, 9.17) is 0 Å². The first-order valence-electron chi connectivity index (χ1n) is 10.2. The van der Waals surface area contributed by atoms with Gasteiger partial charge >= 0.3 is 0 Å². The third-order valence-corrected chi connectivity index (χ3v) is 5.76. The van der Waals surface area contributed by atoms with Gasteiger partial charge in [0.05, 0.1) is 12.6 Å². The minimum absolute atomic E-state index is 0. The summed E-state index contributed by atoms with van der Waals surface area (Å²) < 4.78 is 28.7. The zero-order valence-electron chi connectivity index (χ0n) is 17.2. The normalized spacial score (nSPS) is 14.4. The molecule has 0 bridgehead atoms. The summed E-state index contributed by atoms with van der Waals surface area (Å²) in [5.74, 6) is 0.115. The fourth-order valence-corrected chi connectivity index (χ4v) is 4.19. The number of hydrogen-bond donors (Lipinski definition) is 0. The Morgan fingerprint density at radius 2 is 1.50 bits per heavy atom. The smallest absolute Gasteiger partial charge is 0.173 e. The van der Waals surface area contributed by atoms with Crippen molar-refractivity contribution in [3.63, 3.8) is 0 Å². The lowest BCUT2D eigenvalue weighted by atomic mass is 9.96. The molecule has 0 fully saturated rings. The summed E-state index contributed by atoms with van der Waals surface area (Å²) in [5, 5.41) is 12.5. The molecule has 0 spiro atoms. The third kappa shape index (κ3) is 4.54. The van der Waals surface area contributed by atoms with E-state index >= 15 is 0 Å². The van der Waals surface area contributed by atoms with Crippen molar-refractivity contribution in [3.8, 4) is 0 Å². The maximum Gasteiger partial charge on any atom is 0.173 e. The minimum atomic E-state index is -0.281. The molecule has 8 heteroatoms. The third-order valence-electron chi connectivity index (χ3n) is 5.76. The highest BCUT2D eigenvalue weighted by Crippen LogP contribution is 2.32. The van der Waals surface area contributed by atoms with Crippen LogP contribution in [0.25, 0.3) is 0 Å². The number of tetrazole rings is 1. The molecule has 4 aromatic rings. The molecule has 1 unspecified atom stereocenters. The molecule has 1 aliphatic heterocycles. The van der Waals surface area contributed by atoms with Gasteiger partial charge in [-0.3, -0.25) is 4.90 Å². The Labute approximate surface area is 191 Å². The first-order valence-corrected chi connectivity index (χ1v) is 10.2. The Bertz CT molecular complexity index is 1180. The highest BCUT2D eigenvalue weighted by Gasteiger charge is 2.30. The van der Waals surface area contributed by atoms with Gasteiger partial charge in [0.1, 0.15) is 11.6 Å². The molecule has 1 aromatic heterocycles. The van der Waals surface area contributed by atoms with Crippen LogP contribution in [0.2, 0.25) is 0 Å². The summed E-state index contributed by atoms with van der Waals surface area (Å²) in [6.07, 6.45) is 0.924. The molecular weight excluding hydrogens is 432 g/mol. The molecule has 0 radical (unpaired) electrons. The summed E-state index contributed by atoms with van der Waals surface area (Å²) in [5.41, 5.74) is 4.45. The van der Waals surface area contributed by atoms with E-state index in [9.17, 15) is 8.78 Å². The predicted octanol–water partition coefficient (Wildman–Crippen LogP) is 4.57. The van der Waals surface area contributed by atoms with Crippen LogP contribution in [-0.2, 0) is 19.5 Å². The van der Waals surface area contributed by atoms with Gasteiger partial charge < -0.3 is 0 Å². The van der Waals surface area contributed by atoms with Crippen LogP contribution in [-0.4, -0.2) is 31.7 Å².